The van der Waals surface area contributed by atoms with Crippen molar-refractivity contribution < 1.29 is 18.7 Å². The fourth-order valence-electron chi connectivity index (χ4n) is 3.19. The molecule has 3 rings (SSSR count). The molecule has 0 unspecified atom stereocenters. The van der Waals surface area contributed by atoms with Gasteiger partial charge in [-0.2, -0.15) is 5.26 Å². The maximum atomic E-state index is 13.9. The average molecular weight is 445 g/mol. The highest BCUT2D eigenvalue weighted by atomic mass is 19.1. The first kappa shape index (κ1) is 23.6. The van der Waals surface area contributed by atoms with Crippen LogP contribution >= 0.6 is 0 Å². The second kappa shape index (κ2) is 11.5. The fourth-order valence-corrected chi connectivity index (χ4v) is 3.19. The van der Waals surface area contributed by atoms with E-state index in [1.165, 1.54) is 12.1 Å². The van der Waals surface area contributed by atoms with Gasteiger partial charge in [0.1, 0.15) is 24.1 Å². The largest absolute Gasteiger partial charge is 0.490 e. The van der Waals surface area contributed by atoms with Gasteiger partial charge in [-0.3, -0.25) is 4.79 Å². The van der Waals surface area contributed by atoms with Crippen molar-refractivity contribution in [1.29, 1.82) is 5.26 Å². The van der Waals surface area contributed by atoms with Gasteiger partial charge in [0.25, 0.3) is 5.91 Å². The Morgan fingerprint density at radius 1 is 1.06 bits per heavy atom. The SMILES string of the molecule is CCOc1cc(/C=C(/C#N)C(=O)N[C@H](C)c2ccccc2)ccc1OCc1ccccc1F. The van der Waals surface area contributed by atoms with Crippen LogP contribution in [-0.2, 0) is 11.4 Å². The van der Waals surface area contributed by atoms with Crippen molar-refractivity contribution in [3.8, 4) is 17.6 Å². The Bertz CT molecular complexity index is 1170. The molecule has 0 saturated heterocycles. The van der Waals surface area contributed by atoms with Crippen molar-refractivity contribution in [3.63, 3.8) is 0 Å². The predicted octanol–water partition coefficient (Wildman–Crippen LogP) is 5.59. The molecule has 3 aromatic rings. The number of ether oxygens (including phenoxy) is 2. The summed E-state index contributed by atoms with van der Waals surface area (Å²) in [5.41, 5.74) is 1.95. The number of halogens is 1. The van der Waals surface area contributed by atoms with Gasteiger partial charge in [0, 0.05) is 5.56 Å². The van der Waals surface area contributed by atoms with Gasteiger partial charge in [-0.15, -0.1) is 0 Å². The van der Waals surface area contributed by atoms with E-state index in [4.69, 9.17) is 9.47 Å². The summed E-state index contributed by atoms with van der Waals surface area (Å²) in [6, 6.07) is 22.7. The molecule has 168 valence electrons. The van der Waals surface area contributed by atoms with Gasteiger partial charge in [-0.1, -0.05) is 54.6 Å². The quantitative estimate of drug-likeness (QED) is 0.345. The van der Waals surface area contributed by atoms with E-state index < -0.39 is 5.91 Å². The Balaban J connectivity index is 1.76. The highest BCUT2D eigenvalue weighted by molar-refractivity contribution is 6.01. The second-order valence-corrected chi connectivity index (χ2v) is 7.29. The minimum absolute atomic E-state index is 0.0275. The van der Waals surface area contributed by atoms with E-state index in [1.54, 1.807) is 36.4 Å². The minimum Gasteiger partial charge on any atom is -0.490 e. The van der Waals surface area contributed by atoms with Crippen molar-refractivity contribution in [2.75, 3.05) is 6.61 Å². The van der Waals surface area contributed by atoms with E-state index in [-0.39, 0.29) is 24.0 Å². The van der Waals surface area contributed by atoms with Crippen molar-refractivity contribution in [1.82, 2.24) is 5.32 Å². The van der Waals surface area contributed by atoms with Crippen LogP contribution in [-0.4, -0.2) is 12.5 Å². The Hall–Kier alpha value is -4.11. The number of nitrogens with zero attached hydrogens (tertiary/aromatic N) is 1. The smallest absolute Gasteiger partial charge is 0.262 e. The monoisotopic (exact) mass is 444 g/mol. The molecule has 0 bridgehead atoms. The Kier molecular flexibility index (Phi) is 8.20. The third kappa shape index (κ3) is 6.44. The summed E-state index contributed by atoms with van der Waals surface area (Å²) < 4.78 is 25.3. The molecular weight excluding hydrogens is 419 g/mol. The molecule has 1 amide bonds. The summed E-state index contributed by atoms with van der Waals surface area (Å²) in [6.45, 7) is 4.13. The van der Waals surface area contributed by atoms with Crippen LogP contribution in [0.3, 0.4) is 0 Å². The van der Waals surface area contributed by atoms with Crippen LogP contribution in [0.1, 0.15) is 36.6 Å². The number of hydrogen-bond donors (Lipinski definition) is 1. The van der Waals surface area contributed by atoms with Crippen molar-refractivity contribution in [3.05, 3.63) is 101 Å². The Labute approximate surface area is 193 Å². The van der Waals surface area contributed by atoms with Gasteiger partial charge in [0.05, 0.1) is 12.6 Å². The molecule has 0 aromatic heterocycles. The lowest BCUT2D eigenvalue weighted by Crippen LogP contribution is -2.27. The zero-order valence-electron chi connectivity index (χ0n) is 18.5. The first-order chi connectivity index (χ1) is 16.0. The van der Waals surface area contributed by atoms with Gasteiger partial charge < -0.3 is 14.8 Å². The van der Waals surface area contributed by atoms with Crippen LogP contribution in [0, 0.1) is 17.1 Å². The van der Waals surface area contributed by atoms with Crippen LogP contribution in [0.4, 0.5) is 4.39 Å². The molecule has 0 aliphatic carbocycles. The van der Waals surface area contributed by atoms with Crippen molar-refractivity contribution >= 4 is 12.0 Å². The van der Waals surface area contributed by atoms with Crippen LogP contribution in [0.2, 0.25) is 0 Å². The van der Waals surface area contributed by atoms with Crippen LogP contribution < -0.4 is 14.8 Å². The minimum atomic E-state index is -0.466. The molecule has 0 saturated carbocycles. The number of nitriles is 1. The van der Waals surface area contributed by atoms with E-state index in [1.807, 2.05) is 50.2 Å². The first-order valence-electron chi connectivity index (χ1n) is 10.6. The molecule has 0 spiro atoms. The predicted molar refractivity (Wildman–Crippen MR) is 125 cm³/mol. The summed E-state index contributed by atoms with van der Waals surface area (Å²) in [5, 5.41) is 12.4. The van der Waals surface area contributed by atoms with Gasteiger partial charge in [0.2, 0.25) is 0 Å². The van der Waals surface area contributed by atoms with Gasteiger partial charge in [-0.05, 0) is 49.2 Å². The molecule has 1 atom stereocenters. The lowest BCUT2D eigenvalue weighted by atomic mass is 10.1. The standard InChI is InChI=1S/C27H25FN2O3/c1-3-32-26-16-20(13-14-25(26)33-18-22-11-7-8-12-24(22)28)15-23(17-29)27(31)30-19(2)21-9-5-4-6-10-21/h4-16,19H,3,18H2,1-2H3,(H,30,31)/b23-15-/t19-/m1/s1. The molecule has 0 aliphatic heterocycles. The summed E-state index contributed by atoms with van der Waals surface area (Å²) in [6.07, 6.45) is 1.50. The summed E-state index contributed by atoms with van der Waals surface area (Å²) >= 11 is 0. The lowest BCUT2D eigenvalue weighted by molar-refractivity contribution is -0.117. The fraction of sp³-hybridized carbons (Fsp3) is 0.185. The summed E-state index contributed by atoms with van der Waals surface area (Å²) in [5.74, 6) is 0.0759. The molecular formula is C27H25FN2O3. The molecule has 33 heavy (non-hydrogen) atoms. The molecule has 0 radical (unpaired) electrons. The van der Waals surface area contributed by atoms with Crippen LogP contribution in [0.5, 0.6) is 11.5 Å². The summed E-state index contributed by atoms with van der Waals surface area (Å²) in [7, 11) is 0. The molecule has 5 nitrogen and oxygen atoms in total. The lowest BCUT2D eigenvalue weighted by Gasteiger charge is -2.14. The van der Waals surface area contributed by atoms with Crippen LogP contribution in [0.15, 0.2) is 78.4 Å². The van der Waals surface area contributed by atoms with Crippen LogP contribution in [0.25, 0.3) is 6.08 Å². The van der Waals surface area contributed by atoms with Crippen molar-refractivity contribution in [2.24, 2.45) is 0 Å². The van der Waals surface area contributed by atoms with E-state index >= 15 is 0 Å². The molecule has 0 fully saturated rings. The second-order valence-electron chi connectivity index (χ2n) is 7.29. The zero-order valence-corrected chi connectivity index (χ0v) is 18.5. The van der Waals surface area contributed by atoms with E-state index in [9.17, 15) is 14.4 Å². The maximum absolute atomic E-state index is 13.9. The Morgan fingerprint density at radius 2 is 1.79 bits per heavy atom. The molecule has 3 aromatic carbocycles. The van der Waals surface area contributed by atoms with Gasteiger partial charge in [0.15, 0.2) is 11.5 Å². The normalized spacial score (nSPS) is 11.9. The Morgan fingerprint density at radius 3 is 2.48 bits per heavy atom. The number of benzene rings is 3. The number of nitrogens with one attached hydrogen (secondary N) is 1. The third-order valence-electron chi connectivity index (χ3n) is 4.93. The summed E-state index contributed by atoms with van der Waals surface area (Å²) in [4.78, 5) is 12.6. The number of hydrogen-bond acceptors (Lipinski definition) is 4. The van der Waals surface area contributed by atoms with E-state index in [2.05, 4.69) is 5.32 Å². The molecule has 0 aliphatic rings. The van der Waals surface area contributed by atoms with Gasteiger partial charge in [-0.25, -0.2) is 4.39 Å². The molecule has 0 heterocycles. The third-order valence-corrected chi connectivity index (χ3v) is 4.93. The van der Waals surface area contributed by atoms with Gasteiger partial charge >= 0.3 is 0 Å². The molecule has 6 heteroatoms. The number of carbonyl (C=O) groups is 1. The van der Waals surface area contributed by atoms with E-state index in [0.717, 1.165) is 5.56 Å². The number of amides is 1. The van der Waals surface area contributed by atoms with Crippen molar-refractivity contribution in [2.45, 2.75) is 26.5 Å². The topological polar surface area (TPSA) is 71.3 Å². The number of rotatable bonds is 9. The highest BCUT2D eigenvalue weighted by Gasteiger charge is 2.15. The first-order valence-corrected chi connectivity index (χ1v) is 10.6. The zero-order chi connectivity index (χ0) is 23.6. The average Bonchev–Trinajstić information content (AvgIpc) is 2.83. The van der Waals surface area contributed by atoms with E-state index in [0.29, 0.717) is 29.2 Å². The highest BCUT2D eigenvalue weighted by Crippen LogP contribution is 2.30. The number of carbonyl (C=O) groups excluding carboxylic acids is 1. The molecule has 1 N–H and O–H groups in total. The maximum Gasteiger partial charge on any atom is 0.262 e.